The maximum Gasteiger partial charge on any atom is -0.0163 e. The van der Waals surface area contributed by atoms with Crippen LogP contribution in [0.3, 0.4) is 0 Å². The van der Waals surface area contributed by atoms with Crippen molar-refractivity contribution in [1.29, 1.82) is 0 Å². The summed E-state index contributed by atoms with van der Waals surface area (Å²) in [5, 5.41) is 0. The Hall–Kier alpha value is -0.780. The third-order valence-electron chi connectivity index (χ3n) is 2.09. The van der Waals surface area contributed by atoms with Gasteiger partial charge in [0.25, 0.3) is 0 Å². The maximum atomic E-state index is 2.29. The van der Waals surface area contributed by atoms with Crippen molar-refractivity contribution in [1.82, 2.24) is 0 Å². The summed E-state index contributed by atoms with van der Waals surface area (Å²) in [6.45, 7) is 8.70. The molecular formula is C13H22. The number of hydrogen-bond acceptors (Lipinski definition) is 0. The molecule has 0 saturated heterocycles. The molecule has 0 aromatic heterocycles. The van der Waals surface area contributed by atoms with E-state index in [1.54, 1.807) is 0 Å². The van der Waals surface area contributed by atoms with Crippen molar-refractivity contribution >= 4 is 0 Å². The van der Waals surface area contributed by atoms with Gasteiger partial charge in [-0.2, -0.15) is 0 Å². The fourth-order valence-corrected chi connectivity index (χ4v) is 1.14. The normalized spacial score (nSPS) is 14.2. The van der Waals surface area contributed by atoms with Gasteiger partial charge in [0.1, 0.15) is 0 Å². The van der Waals surface area contributed by atoms with Gasteiger partial charge in [0.2, 0.25) is 0 Å². The van der Waals surface area contributed by atoms with E-state index in [2.05, 4.69) is 52.0 Å². The van der Waals surface area contributed by atoms with Crippen LogP contribution in [-0.4, -0.2) is 0 Å². The van der Waals surface area contributed by atoms with E-state index in [9.17, 15) is 0 Å². The van der Waals surface area contributed by atoms with Crippen LogP contribution in [0.2, 0.25) is 0 Å². The van der Waals surface area contributed by atoms with E-state index in [0.29, 0.717) is 0 Å². The zero-order valence-electron chi connectivity index (χ0n) is 9.43. The van der Waals surface area contributed by atoms with Crippen LogP contribution in [-0.2, 0) is 0 Å². The van der Waals surface area contributed by atoms with Crippen molar-refractivity contribution in [2.45, 2.75) is 47.0 Å². The van der Waals surface area contributed by atoms with E-state index in [-0.39, 0.29) is 0 Å². The average molecular weight is 178 g/mol. The average Bonchev–Trinajstić information content (AvgIpc) is 2.12. The largest absolute Gasteiger partial charge is 0.0885 e. The molecule has 0 spiro atoms. The van der Waals surface area contributed by atoms with Crippen LogP contribution in [0.1, 0.15) is 47.0 Å². The van der Waals surface area contributed by atoms with E-state index in [1.807, 2.05) is 0 Å². The molecule has 0 rings (SSSR count). The van der Waals surface area contributed by atoms with E-state index in [0.717, 1.165) is 19.3 Å². The third kappa shape index (κ3) is 6.39. The lowest BCUT2D eigenvalue weighted by molar-refractivity contribution is 1.16. The highest BCUT2D eigenvalue weighted by molar-refractivity contribution is 5.27. The molecule has 74 valence electrons. The van der Waals surface area contributed by atoms with Crippen LogP contribution in [0.5, 0.6) is 0 Å². The molecule has 0 bridgehead atoms. The Balaban J connectivity index is 4.01. The summed E-state index contributed by atoms with van der Waals surface area (Å²) in [5.74, 6) is 0. The van der Waals surface area contributed by atoms with Gasteiger partial charge in [0.05, 0.1) is 0 Å². The van der Waals surface area contributed by atoms with Gasteiger partial charge >= 0.3 is 0 Å². The van der Waals surface area contributed by atoms with E-state index in [4.69, 9.17) is 0 Å². The Bertz CT molecular complexity index is 204. The first-order valence-corrected chi connectivity index (χ1v) is 5.21. The Morgan fingerprint density at radius 1 is 0.846 bits per heavy atom. The van der Waals surface area contributed by atoms with Crippen molar-refractivity contribution in [3.63, 3.8) is 0 Å². The Morgan fingerprint density at radius 3 is 2.00 bits per heavy atom. The topological polar surface area (TPSA) is 0 Å². The molecule has 0 radical (unpaired) electrons. The summed E-state index contributed by atoms with van der Waals surface area (Å²) in [6.07, 6.45) is 12.3. The first-order chi connectivity index (χ1) is 6.22. The number of rotatable bonds is 5. The maximum absolute atomic E-state index is 2.29. The predicted molar refractivity (Wildman–Crippen MR) is 61.9 cm³/mol. The van der Waals surface area contributed by atoms with Crippen LogP contribution in [0.4, 0.5) is 0 Å². The Morgan fingerprint density at radius 2 is 1.46 bits per heavy atom. The van der Waals surface area contributed by atoms with Crippen LogP contribution in [0.25, 0.3) is 0 Å². The monoisotopic (exact) mass is 178 g/mol. The van der Waals surface area contributed by atoms with Gasteiger partial charge in [0.15, 0.2) is 0 Å². The smallest absolute Gasteiger partial charge is 0.0163 e. The quantitative estimate of drug-likeness (QED) is 0.425. The van der Waals surface area contributed by atoms with E-state index in [1.165, 1.54) is 11.1 Å². The zero-order chi connectivity index (χ0) is 10.1. The molecule has 0 amide bonds. The third-order valence-corrected chi connectivity index (χ3v) is 2.09. The van der Waals surface area contributed by atoms with Gasteiger partial charge in [-0.1, -0.05) is 49.3 Å². The highest BCUT2D eigenvalue weighted by Gasteiger charge is 1.89. The highest BCUT2D eigenvalue weighted by Crippen LogP contribution is 2.09. The summed E-state index contributed by atoms with van der Waals surface area (Å²) in [7, 11) is 0. The molecule has 0 aromatic rings. The summed E-state index contributed by atoms with van der Waals surface area (Å²) in [6, 6.07) is 0. The molecule has 0 heterocycles. The van der Waals surface area contributed by atoms with Gasteiger partial charge in [-0.3, -0.25) is 0 Å². The molecule has 0 unspecified atom stereocenters. The molecule has 0 aliphatic rings. The summed E-state index contributed by atoms with van der Waals surface area (Å²) in [4.78, 5) is 0. The lowest BCUT2D eigenvalue weighted by Crippen LogP contribution is -1.78. The van der Waals surface area contributed by atoms with Crippen molar-refractivity contribution in [3.05, 3.63) is 35.5 Å². The molecule has 0 aliphatic heterocycles. The van der Waals surface area contributed by atoms with Crippen molar-refractivity contribution in [2.75, 3.05) is 0 Å². The summed E-state index contributed by atoms with van der Waals surface area (Å²) < 4.78 is 0. The van der Waals surface area contributed by atoms with Crippen LogP contribution >= 0.6 is 0 Å². The summed E-state index contributed by atoms with van der Waals surface area (Å²) in [5.41, 5.74) is 2.81. The van der Waals surface area contributed by atoms with E-state index < -0.39 is 0 Å². The second-order valence-corrected chi connectivity index (χ2v) is 3.30. The molecule has 0 saturated carbocycles. The van der Waals surface area contributed by atoms with Crippen molar-refractivity contribution < 1.29 is 0 Å². The fraction of sp³-hybridized carbons (Fsp3) is 0.538. The molecule has 0 aliphatic carbocycles. The highest BCUT2D eigenvalue weighted by atomic mass is 14.0. The predicted octanol–water partition coefficient (Wildman–Crippen LogP) is 4.65. The van der Waals surface area contributed by atoms with E-state index >= 15 is 0 Å². The first kappa shape index (κ1) is 12.2. The van der Waals surface area contributed by atoms with Gasteiger partial charge in [-0.05, 0) is 33.1 Å². The van der Waals surface area contributed by atoms with Gasteiger partial charge in [-0.25, -0.2) is 0 Å². The van der Waals surface area contributed by atoms with Crippen molar-refractivity contribution in [2.24, 2.45) is 0 Å². The summed E-state index contributed by atoms with van der Waals surface area (Å²) >= 11 is 0. The molecule has 0 nitrogen and oxygen atoms in total. The van der Waals surface area contributed by atoms with Gasteiger partial charge in [0, 0.05) is 0 Å². The molecule has 0 heteroatoms. The SMILES string of the molecule is CC/C=C/C/C=C(C)/C(C)=C/CC. The van der Waals surface area contributed by atoms with Gasteiger partial charge in [-0.15, -0.1) is 0 Å². The Labute approximate surface area is 83.0 Å². The lowest BCUT2D eigenvalue weighted by Gasteiger charge is -1.99. The lowest BCUT2D eigenvalue weighted by atomic mass is 10.1. The van der Waals surface area contributed by atoms with Crippen LogP contribution < -0.4 is 0 Å². The Kier molecular flexibility index (Phi) is 7.38. The molecule has 0 fully saturated rings. The van der Waals surface area contributed by atoms with Crippen molar-refractivity contribution in [3.8, 4) is 0 Å². The second kappa shape index (κ2) is 7.85. The second-order valence-electron chi connectivity index (χ2n) is 3.30. The molecule has 13 heavy (non-hydrogen) atoms. The fourth-order valence-electron chi connectivity index (χ4n) is 1.14. The molecular weight excluding hydrogens is 156 g/mol. The minimum atomic E-state index is 1.06. The zero-order valence-corrected chi connectivity index (χ0v) is 9.43. The minimum Gasteiger partial charge on any atom is -0.0885 e. The van der Waals surface area contributed by atoms with Gasteiger partial charge < -0.3 is 0 Å². The number of hydrogen-bond donors (Lipinski definition) is 0. The number of allylic oxidation sites excluding steroid dienone is 6. The molecule has 0 atom stereocenters. The van der Waals surface area contributed by atoms with Crippen LogP contribution in [0, 0.1) is 0 Å². The standard InChI is InChI=1S/C13H22/c1-5-7-8-9-11-13(4)12(3)10-6-2/h7-8,10-11H,5-6,9H2,1-4H3/b8-7+,12-10+,13-11+. The van der Waals surface area contributed by atoms with Crippen LogP contribution in [0.15, 0.2) is 35.5 Å². The minimum absolute atomic E-state index is 1.06. The first-order valence-electron chi connectivity index (χ1n) is 5.21. The molecule has 0 N–H and O–H groups in total. The molecule has 0 aromatic carbocycles.